The molecule has 1 saturated carbocycles. The van der Waals surface area contributed by atoms with E-state index in [1.807, 2.05) is 24.3 Å². The SMILES string of the molecule is O=C1CCCC(=O)C(N2Cc3ccc(CO)c(OCCCc4ccccc4)c3C2=O)CC1. The number of amides is 1. The van der Waals surface area contributed by atoms with Crippen LogP contribution in [0.2, 0.25) is 0 Å². The second kappa shape index (κ2) is 10.1. The molecule has 2 aliphatic rings. The Hall–Kier alpha value is -2.99. The summed E-state index contributed by atoms with van der Waals surface area (Å²) in [7, 11) is 0. The quantitative estimate of drug-likeness (QED) is 0.672. The summed E-state index contributed by atoms with van der Waals surface area (Å²) >= 11 is 0. The van der Waals surface area contributed by atoms with Crippen LogP contribution in [-0.2, 0) is 29.2 Å². The third kappa shape index (κ3) is 4.75. The number of rotatable bonds is 7. The summed E-state index contributed by atoms with van der Waals surface area (Å²) < 4.78 is 6.04. The standard InChI is InChI=1S/C26H29NO5/c28-17-20-12-11-19-16-27(22-14-13-21(29)9-4-10-23(22)30)26(31)24(19)25(20)32-15-5-8-18-6-2-1-3-7-18/h1-3,6-7,11-12,22,28H,4-5,8-10,13-17H2. The summed E-state index contributed by atoms with van der Waals surface area (Å²) in [5.41, 5.74) is 3.03. The number of ether oxygens (including phenoxy) is 1. The smallest absolute Gasteiger partial charge is 0.258 e. The Kier molecular flexibility index (Phi) is 7.00. The van der Waals surface area contributed by atoms with Gasteiger partial charge in [0.15, 0.2) is 5.78 Å². The topological polar surface area (TPSA) is 83.9 Å². The summed E-state index contributed by atoms with van der Waals surface area (Å²) in [6.45, 7) is 0.513. The number of aliphatic hydroxyl groups is 1. The van der Waals surface area contributed by atoms with E-state index in [4.69, 9.17) is 4.74 Å². The van der Waals surface area contributed by atoms with Gasteiger partial charge < -0.3 is 14.7 Å². The normalized spacial score (nSPS) is 19.0. The Morgan fingerprint density at radius 3 is 2.59 bits per heavy atom. The van der Waals surface area contributed by atoms with Crippen molar-refractivity contribution in [2.75, 3.05) is 6.61 Å². The van der Waals surface area contributed by atoms with E-state index in [0.29, 0.717) is 62.1 Å². The molecular formula is C26H29NO5. The maximum Gasteiger partial charge on any atom is 0.258 e. The Labute approximate surface area is 188 Å². The molecule has 2 aromatic rings. The minimum atomic E-state index is -0.581. The molecule has 1 N–H and O–H groups in total. The second-order valence-corrected chi connectivity index (χ2v) is 8.53. The maximum absolute atomic E-state index is 13.4. The molecule has 2 aromatic carbocycles. The Morgan fingerprint density at radius 2 is 1.81 bits per heavy atom. The first-order valence-electron chi connectivity index (χ1n) is 11.4. The van der Waals surface area contributed by atoms with Gasteiger partial charge in [-0.3, -0.25) is 14.4 Å². The summed E-state index contributed by atoms with van der Waals surface area (Å²) in [6.07, 6.45) is 3.63. The van der Waals surface area contributed by atoms with E-state index in [0.717, 1.165) is 18.4 Å². The maximum atomic E-state index is 13.4. The van der Waals surface area contributed by atoms with Gasteiger partial charge in [-0.2, -0.15) is 0 Å². The zero-order valence-electron chi connectivity index (χ0n) is 18.2. The van der Waals surface area contributed by atoms with Gasteiger partial charge >= 0.3 is 0 Å². The fourth-order valence-corrected chi connectivity index (χ4v) is 4.61. The van der Waals surface area contributed by atoms with Crippen LogP contribution in [0, 0.1) is 0 Å². The number of aryl methyl sites for hydroxylation is 1. The Bertz CT molecular complexity index is 1000. The van der Waals surface area contributed by atoms with Gasteiger partial charge in [0.2, 0.25) is 0 Å². The molecule has 168 valence electrons. The van der Waals surface area contributed by atoms with Crippen LogP contribution in [0.25, 0.3) is 0 Å². The first kappa shape index (κ1) is 22.2. The number of nitrogens with zero attached hydrogens (tertiary/aromatic N) is 1. The van der Waals surface area contributed by atoms with E-state index in [1.54, 1.807) is 11.0 Å². The lowest BCUT2D eigenvalue weighted by Gasteiger charge is -2.28. The number of carbonyl (C=O) groups excluding carboxylic acids is 3. The zero-order chi connectivity index (χ0) is 22.5. The van der Waals surface area contributed by atoms with Crippen LogP contribution in [0.5, 0.6) is 5.75 Å². The van der Waals surface area contributed by atoms with E-state index in [1.165, 1.54) is 5.56 Å². The average molecular weight is 436 g/mol. The van der Waals surface area contributed by atoms with Crippen LogP contribution in [0.4, 0.5) is 0 Å². The number of hydrogen-bond donors (Lipinski definition) is 1. The van der Waals surface area contributed by atoms with Crippen molar-refractivity contribution in [1.82, 2.24) is 4.90 Å². The minimum absolute atomic E-state index is 0.0198. The molecule has 1 aliphatic carbocycles. The van der Waals surface area contributed by atoms with Crippen molar-refractivity contribution in [3.8, 4) is 5.75 Å². The van der Waals surface area contributed by atoms with Gasteiger partial charge in [0.25, 0.3) is 5.91 Å². The lowest BCUT2D eigenvalue weighted by atomic mass is 9.94. The highest BCUT2D eigenvalue weighted by molar-refractivity contribution is 6.04. The number of fused-ring (bicyclic) bond motifs is 1. The number of hydrogen-bond acceptors (Lipinski definition) is 5. The average Bonchev–Trinajstić information content (AvgIpc) is 3.13. The molecule has 4 rings (SSSR count). The molecule has 0 aromatic heterocycles. The highest BCUT2D eigenvalue weighted by Crippen LogP contribution is 2.36. The van der Waals surface area contributed by atoms with Gasteiger partial charge in [-0.25, -0.2) is 0 Å². The summed E-state index contributed by atoms with van der Waals surface area (Å²) in [4.78, 5) is 39.6. The number of Topliss-reactive ketones (excluding diaryl/α,β-unsaturated/α-hetero) is 2. The second-order valence-electron chi connectivity index (χ2n) is 8.53. The van der Waals surface area contributed by atoms with E-state index < -0.39 is 6.04 Å². The van der Waals surface area contributed by atoms with Gasteiger partial charge in [-0.05, 0) is 36.8 Å². The highest BCUT2D eigenvalue weighted by Gasteiger charge is 2.39. The third-order valence-electron chi connectivity index (χ3n) is 6.33. The van der Waals surface area contributed by atoms with Crippen LogP contribution in [0.3, 0.4) is 0 Å². The molecule has 1 fully saturated rings. The highest BCUT2D eigenvalue weighted by atomic mass is 16.5. The molecular weight excluding hydrogens is 406 g/mol. The zero-order valence-corrected chi connectivity index (χ0v) is 18.2. The van der Waals surface area contributed by atoms with Crippen molar-refractivity contribution in [3.63, 3.8) is 0 Å². The molecule has 0 radical (unpaired) electrons. The van der Waals surface area contributed by atoms with Crippen molar-refractivity contribution in [1.29, 1.82) is 0 Å². The van der Waals surface area contributed by atoms with E-state index >= 15 is 0 Å². The van der Waals surface area contributed by atoms with E-state index in [9.17, 15) is 19.5 Å². The molecule has 1 unspecified atom stereocenters. The molecule has 6 nitrogen and oxygen atoms in total. The first-order valence-corrected chi connectivity index (χ1v) is 11.4. The largest absolute Gasteiger partial charge is 0.492 e. The molecule has 6 heteroatoms. The lowest BCUT2D eigenvalue weighted by molar-refractivity contribution is -0.126. The predicted molar refractivity (Wildman–Crippen MR) is 119 cm³/mol. The van der Waals surface area contributed by atoms with E-state index in [2.05, 4.69) is 12.1 Å². The predicted octanol–water partition coefficient (Wildman–Crippen LogP) is 3.62. The number of carbonyl (C=O) groups is 3. The van der Waals surface area contributed by atoms with Crippen LogP contribution in [0.15, 0.2) is 42.5 Å². The van der Waals surface area contributed by atoms with Crippen LogP contribution in [-0.4, -0.2) is 40.1 Å². The number of aliphatic hydroxyl groups excluding tert-OH is 1. The molecule has 1 aliphatic heterocycles. The monoisotopic (exact) mass is 435 g/mol. The third-order valence-corrected chi connectivity index (χ3v) is 6.33. The fraction of sp³-hybridized carbons (Fsp3) is 0.423. The van der Waals surface area contributed by atoms with Gasteiger partial charge in [-0.15, -0.1) is 0 Å². The van der Waals surface area contributed by atoms with Crippen molar-refractivity contribution in [2.45, 2.75) is 64.1 Å². The molecule has 1 heterocycles. The summed E-state index contributed by atoms with van der Waals surface area (Å²) in [6, 6.07) is 13.1. The summed E-state index contributed by atoms with van der Waals surface area (Å²) in [5.74, 6) is 0.336. The van der Waals surface area contributed by atoms with Crippen molar-refractivity contribution in [3.05, 3.63) is 64.7 Å². The number of benzene rings is 2. The molecule has 1 atom stereocenters. The molecule has 0 bridgehead atoms. The minimum Gasteiger partial charge on any atom is -0.492 e. The molecule has 0 saturated heterocycles. The lowest BCUT2D eigenvalue weighted by Crippen LogP contribution is -2.42. The van der Waals surface area contributed by atoms with E-state index in [-0.39, 0.29) is 24.1 Å². The Morgan fingerprint density at radius 1 is 1.00 bits per heavy atom. The molecule has 0 spiro atoms. The number of ketones is 2. The Balaban J connectivity index is 1.50. The van der Waals surface area contributed by atoms with Gasteiger partial charge in [-0.1, -0.05) is 42.5 Å². The van der Waals surface area contributed by atoms with Crippen LogP contribution < -0.4 is 4.74 Å². The van der Waals surface area contributed by atoms with Crippen molar-refractivity contribution >= 4 is 17.5 Å². The van der Waals surface area contributed by atoms with Gasteiger partial charge in [0.1, 0.15) is 11.5 Å². The van der Waals surface area contributed by atoms with Gasteiger partial charge in [0, 0.05) is 31.4 Å². The van der Waals surface area contributed by atoms with Crippen LogP contribution >= 0.6 is 0 Å². The van der Waals surface area contributed by atoms with Crippen molar-refractivity contribution in [2.24, 2.45) is 0 Å². The molecule has 32 heavy (non-hydrogen) atoms. The van der Waals surface area contributed by atoms with Crippen molar-refractivity contribution < 1.29 is 24.2 Å². The van der Waals surface area contributed by atoms with Crippen LogP contribution in [0.1, 0.15) is 65.6 Å². The molecule has 1 amide bonds. The van der Waals surface area contributed by atoms with Gasteiger partial charge in [0.05, 0.1) is 24.8 Å². The first-order chi connectivity index (χ1) is 15.6. The summed E-state index contributed by atoms with van der Waals surface area (Å²) in [5, 5.41) is 9.83. The fourth-order valence-electron chi connectivity index (χ4n) is 4.61.